The number of benzene rings is 1. The average molecular weight is 520 g/mol. The molecule has 190 valence electrons. The summed E-state index contributed by atoms with van der Waals surface area (Å²) in [5, 5.41) is 13.7. The van der Waals surface area contributed by atoms with Crippen molar-refractivity contribution < 1.29 is 31.9 Å². The Kier molecular flexibility index (Phi) is 6.33. The lowest BCUT2D eigenvalue weighted by Gasteiger charge is -2.43. The number of hydrogen-bond acceptors (Lipinski definition) is 5. The third-order valence-corrected chi connectivity index (χ3v) is 6.80. The lowest BCUT2D eigenvalue weighted by Crippen LogP contribution is -2.57. The van der Waals surface area contributed by atoms with Crippen molar-refractivity contribution in [2.24, 2.45) is 10.7 Å². The molecule has 1 amide bonds. The van der Waals surface area contributed by atoms with Crippen LogP contribution in [0, 0.1) is 0 Å². The zero-order chi connectivity index (χ0) is 25.8. The van der Waals surface area contributed by atoms with Gasteiger partial charge in [-0.2, -0.15) is 18.3 Å². The van der Waals surface area contributed by atoms with Crippen molar-refractivity contribution in [2.75, 3.05) is 0 Å². The van der Waals surface area contributed by atoms with Crippen LogP contribution in [0.4, 0.5) is 22.0 Å². The second-order valence-electron chi connectivity index (χ2n) is 9.10. The topological polar surface area (TPSA) is 96.7 Å². The van der Waals surface area contributed by atoms with E-state index in [4.69, 9.17) is 17.3 Å². The SMILES string of the molecule is C[C@@]1(c2cccc(-c3cnn(CC(F)(F)F)c3)c2Cl)CC(=O)N([C@H]2CCC(F)(F)[C@@H](O)C2)C(N)=N1. The summed E-state index contributed by atoms with van der Waals surface area (Å²) >= 11 is 6.63. The van der Waals surface area contributed by atoms with Crippen LogP contribution in [0.25, 0.3) is 11.1 Å². The highest BCUT2D eigenvalue weighted by Gasteiger charge is 2.48. The van der Waals surface area contributed by atoms with E-state index >= 15 is 0 Å². The molecule has 0 radical (unpaired) electrons. The molecule has 1 aliphatic carbocycles. The molecule has 0 saturated heterocycles. The Labute approximate surface area is 202 Å². The minimum absolute atomic E-state index is 0.0408. The Morgan fingerprint density at radius 1 is 1.31 bits per heavy atom. The molecular formula is C22H23ClF5N5O2. The molecule has 1 aromatic heterocycles. The number of aliphatic imine (C=N–C) groups is 1. The molecule has 2 aliphatic rings. The highest BCUT2D eigenvalue weighted by atomic mass is 35.5. The van der Waals surface area contributed by atoms with Crippen molar-refractivity contribution in [3.63, 3.8) is 0 Å². The first-order chi connectivity index (χ1) is 16.2. The summed E-state index contributed by atoms with van der Waals surface area (Å²) in [6.45, 7) is 0.381. The molecule has 1 saturated carbocycles. The van der Waals surface area contributed by atoms with Gasteiger partial charge >= 0.3 is 6.18 Å². The lowest BCUT2D eigenvalue weighted by molar-refractivity contribution is -0.151. The molecule has 1 aliphatic heterocycles. The number of nitrogens with two attached hydrogens (primary N) is 1. The van der Waals surface area contributed by atoms with Crippen LogP contribution in [0.2, 0.25) is 5.02 Å². The third-order valence-electron chi connectivity index (χ3n) is 6.40. The Morgan fingerprint density at radius 3 is 2.66 bits per heavy atom. The van der Waals surface area contributed by atoms with Gasteiger partial charge in [0, 0.05) is 36.2 Å². The fourth-order valence-corrected chi connectivity index (χ4v) is 5.09. The molecule has 3 atom stereocenters. The summed E-state index contributed by atoms with van der Waals surface area (Å²) < 4.78 is 66.2. The number of nitrogens with zero attached hydrogens (tertiary/aromatic N) is 4. The molecule has 1 fully saturated rings. The van der Waals surface area contributed by atoms with Crippen LogP contribution in [0.1, 0.15) is 38.2 Å². The maximum absolute atomic E-state index is 13.7. The molecular weight excluding hydrogens is 497 g/mol. The van der Waals surface area contributed by atoms with Gasteiger partial charge in [0.15, 0.2) is 5.96 Å². The fraction of sp³-hybridized carbons (Fsp3) is 0.500. The van der Waals surface area contributed by atoms with Gasteiger partial charge in [0.05, 0.1) is 23.2 Å². The Morgan fingerprint density at radius 2 is 2.03 bits per heavy atom. The second-order valence-corrected chi connectivity index (χ2v) is 9.48. The first kappa shape index (κ1) is 25.4. The van der Waals surface area contributed by atoms with Crippen LogP contribution in [-0.2, 0) is 16.9 Å². The summed E-state index contributed by atoms with van der Waals surface area (Å²) in [6.07, 6.45) is -4.97. The van der Waals surface area contributed by atoms with Crippen molar-refractivity contribution in [2.45, 2.75) is 68.9 Å². The van der Waals surface area contributed by atoms with E-state index in [0.29, 0.717) is 16.7 Å². The van der Waals surface area contributed by atoms with Crippen molar-refractivity contribution in [1.82, 2.24) is 14.7 Å². The quantitative estimate of drug-likeness (QED) is 0.595. The van der Waals surface area contributed by atoms with E-state index in [1.807, 2.05) is 0 Å². The van der Waals surface area contributed by atoms with Crippen molar-refractivity contribution in [1.29, 1.82) is 0 Å². The molecule has 4 rings (SSSR count). The zero-order valence-electron chi connectivity index (χ0n) is 18.6. The van der Waals surface area contributed by atoms with Crippen molar-refractivity contribution in [3.05, 3.63) is 41.2 Å². The number of alkyl halides is 5. The predicted octanol–water partition coefficient (Wildman–Crippen LogP) is 4.08. The lowest BCUT2D eigenvalue weighted by atomic mass is 9.84. The Balaban J connectivity index is 1.63. The number of guanidine groups is 1. The van der Waals surface area contributed by atoms with E-state index in [1.54, 1.807) is 25.1 Å². The maximum Gasteiger partial charge on any atom is 0.408 e. The number of carbonyl (C=O) groups is 1. The third kappa shape index (κ3) is 4.99. The molecule has 0 unspecified atom stereocenters. The van der Waals surface area contributed by atoms with Gasteiger partial charge in [0.25, 0.3) is 5.92 Å². The zero-order valence-corrected chi connectivity index (χ0v) is 19.3. The number of hydrogen-bond donors (Lipinski definition) is 2. The molecule has 0 spiro atoms. The summed E-state index contributed by atoms with van der Waals surface area (Å²) in [5.74, 6) is -3.86. The van der Waals surface area contributed by atoms with E-state index in [1.165, 1.54) is 12.4 Å². The van der Waals surface area contributed by atoms with Crippen molar-refractivity contribution >= 4 is 23.5 Å². The number of carbonyl (C=O) groups excluding carboxylic acids is 1. The number of rotatable bonds is 4. The Bertz CT molecular complexity index is 1170. The minimum Gasteiger partial charge on any atom is -0.387 e. The van der Waals surface area contributed by atoms with Gasteiger partial charge in [-0.15, -0.1) is 0 Å². The van der Waals surface area contributed by atoms with Gasteiger partial charge in [0.2, 0.25) is 5.91 Å². The smallest absolute Gasteiger partial charge is 0.387 e. The Hall–Kier alpha value is -2.73. The van der Waals surface area contributed by atoms with Crippen LogP contribution in [0.5, 0.6) is 0 Å². The highest BCUT2D eigenvalue weighted by Crippen LogP contribution is 2.43. The van der Waals surface area contributed by atoms with Gasteiger partial charge in [-0.25, -0.2) is 13.8 Å². The van der Waals surface area contributed by atoms with Crippen LogP contribution < -0.4 is 5.73 Å². The van der Waals surface area contributed by atoms with Crippen LogP contribution in [0.3, 0.4) is 0 Å². The number of aliphatic hydroxyl groups is 1. The fourth-order valence-electron chi connectivity index (χ4n) is 4.65. The summed E-state index contributed by atoms with van der Waals surface area (Å²) in [7, 11) is 0. The molecule has 7 nitrogen and oxygen atoms in total. The number of aromatic nitrogens is 2. The molecule has 35 heavy (non-hydrogen) atoms. The molecule has 1 aromatic carbocycles. The average Bonchev–Trinajstić information content (AvgIpc) is 3.16. The monoisotopic (exact) mass is 519 g/mol. The number of aliphatic hydroxyl groups excluding tert-OH is 1. The highest BCUT2D eigenvalue weighted by molar-refractivity contribution is 6.34. The standard InChI is InChI=1S/C22H23ClF5N5O2/c1-20(8-17(35)33(19(29)31-20)13-5-6-21(24,25)16(34)7-13)15-4-2-3-14(18(15)23)12-9-30-32(10-12)11-22(26,27)28/h2-4,9-10,13,16,34H,5-8,11H2,1H3,(H2,29,31)/t13-,16-,20-/m0/s1. The number of halogens is 6. The molecule has 2 aromatic rings. The normalized spacial score (nSPS) is 27.1. The first-order valence-electron chi connectivity index (χ1n) is 10.8. The van der Waals surface area contributed by atoms with E-state index in [-0.39, 0.29) is 30.2 Å². The maximum atomic E-state index is 13.7. The number of amides is 1. The molecule has 2 heterocycles. The first-order valence-corrected chi connectivity index (χ1v) is 11.2. The van der Waals surface area contributed by atoms with Gasteiger partial charge < -0.3 is 10.8 Å². The summed E-state index contributed by atoms with van der Waals surface area (Å²) in [5.41, 5.74) is 6.08. The molecule has 13 heteroatoms. The van der Waals surface area contributed by atoms with E-state index in [0.717, 1.165) is 9.58 Å². The van der Waals surface area contributed by atoms with Gasteiger partial charge in [-0.05, 0) is 18.9 Å². The van der Waals surface area contributed by atoms with Crippen LogP contribution in [-0.4, -0.2) is 55.9 Å². The summed E-state index contributed by atoms with van der Waals surface area (Å²) in [4.78, 5) is 18.7. The molecule has 0 bridgehead atoms. The van der Waals surface area contributed by atoms with Gasteiger partial charge in [0.1, 0.15) is 12.6 Å². The minimum atomic E-state index is -4.44. The summed E-state index contributed by atoms with van der Waals surface area (Å²) in [6, 6.07) is 4.16. The van der Waals surface area contributed by atoms with Crippen molar-refractivity contribution in [3.8, 4) is 11.1 Å². The van der Waals surface area contributed by atoms with Gasteiger partial charge in [-0.3, -0.25) is 14.4 Å². The van der Waals surface area contributed by atoms with E-state index in [9.17, 15) is 31.9 Å². The van der Waals surface area contributed by atoms with E-state index < -0.39 is 48.7 Å². The predicted molar refractivity (Wildman–Crippen MR) is 118 cm³/mol. The van der Waals surface area contributed by atoms with Crippen LogP contribution in [0.15, 0.2) is 35.6 Å². The van der Waals surface area contributed by atoms with Gasteiger partial charge in [-0.1, -0.05) is 29.8 Å². The van der Waals surface area contributed by atoms with Crippen LogP contribution >= 0.6 is 11.6 Å². The largest absolute Gasteiger partial charge is 0.408 e. The van der Waals surface area contributed by atoms with E-state index in [2.05, 4.69) is 10.1 Å². The second kappa shape index (κ2) is 8.74. The molecule has 3 N–H and O–H groups in total.